The van der Waals surface area contributed by atoms with Crippen LogP contribution in [-0.4, -0.2) is 47.0 Å². The van der Waals surface area contributed by atoms with Crippen molar-refractivity contribution < 1.29 is 28.7 Å². The summed E-state index contributed by atoms with van der Waals surface area (Å²) in [4.78, 5) is 61.7. The number of Topliss-reactive ketones (excluding diaryl/α,β-unsaturated/α-hetero) is 1. The number of amides is 3. The first kappa shape index (κ1) is 21.7. The molecule has 0 aromatic heterocycles. The van der Waals surface area contributed by atoms with Crippen LogP contribution in [0.25, 0.3) is 0 Å². The lowest BCUT2D eigenvalue weighted by molar-refractivity contribution is -0.154. The van der Waals surface area contributed by atoms with Gasteiger partial charge in [-0.2, -0.15) is 0 Å². The van der Waals surface area contributed by atoms with E-state index in [1.165, 1.54) is 18.7 Å². The predicted octanol–water partition coefficient (Wildman–Crippen LogP) is 2.32. The van der Waals surface area contributed by atoms with Gasteiger partial charge in [0.15, 0.2) is 11.9 Å². The number of ether oxygens (including phenoxy) is 1. The molecule has 1 aromatic carbocycles. The third-order valence-electron chi connectivity index (χ3n) is 5.71. The van der Waals surface area contributed by atoms with E-state index in [1.807, 2.05) is 0 Å². The lowest BCUT2D eigenvalue weighted by Gasteiger charge is -2.19. The first-order chi connectivity index (χ1) is 14.3. The van der Waals surface area contributed by atoms with Crippen molar-refractivity contribution in [2.75, 3.05) is 11.9 Å². The van der Waals surface area contributed by atoms with Gasteiger partial charge >= 0.3 is 5.97 Å². The number of esters is 1. The van der Waals surface area contributed by atoms with Crippen molar-refractivity contribution in [2.45, 2.75) is 52.1 Å². The number of likely N-dealkylation sites (tertiary alicyclic amines) is 1. The number of nitrogens with one attached hydrogen (secondary N) is 1. The number of imide groups is 1. The molecule has 0 unspecified atom stereocenters. The van der Waals surface area contributed by atoms with E-state index in [9.17, 15) is 24.0 Å². The molecule has 0 radical (unpaired) electrons. The monoisotopic (exact) mass is 414 g/mol. The summed E-state index contributed by atoms with van der Waals surface area (Å²) in [5.74, 6) is -2.14. The maximum Gasteiger partial charge on any atom is 0.308 e. The topological polar surface area (TPSA) is 110 Å². The van der Waals surface area contributed by atoms with Crippen LogP contribution in [0.4, 0.5) is 5.69 Å². The summed E-state index contributed by atoms with van der Waals surface area (Å²) in [7, 11) is 0. The minimum absolute atomic E-state index is 0.0235. The van der Waals surface area contributed by atoms with Gasteiger partial charge < -0.3 is 10.1 Å². The second kappa shape index (κ2) is 9.19. The van der Waals surface area contributed by atoms with Gasteiger partial charge in [0.05, 0.1) is 18.3 Å². The summed E-state index contributed by atoms with van der Waals surface area (Å²) >= 11 is 0. The number of fused-ring (bicyclic) bond motifs is 1. The van der Waals surface area contributed by atoms with Crippen LogP contribution in [0.3, 0.4) is 0 Å². The molecule has 0 spiro atoms. The third kappa shape index (κ3) is 4.75. The molecule has 1 N–H and O–H groups in total. The summed E-state index contributed by atoms with van der Waals surface area (Å²) in [6.07, 6.45) is 2.14. The Labute approximate surface area is 174 Å². The van der Waals surface area contributed by atoms with Gasteiger partial charge in [0, 0.05) is 17.8 Å². The SMILES string of the molecule is CC(=O)c1ccc(NC(=O)[C@@H](C)OC(=O)CCN2C(=O)[C@H]3CCCC[C@@H]3C2=O)cc1. The fourth-order valence-electron chi connectivity index (χ4n) is 4.00. The first-order valence-corrected chi connectivity index (χ1v) is 10.2. The molecule has 1 aromatic rings. The molecule has 1 aliphatic carbocycles. The smallest absolute Gasteiger partial charge is 0.308 e. The van der Waals surface area contributed by atoms with E-state index < -0.39 is 18.0 Å². The minimum Gasteiger partial charge on any atom is -0.452 e. The van der Waals surface area contributed by atoms with E-state index in [1.54, 1.807) is 24.3 Å². The molecular formula is C22H26N2O6. The summed E-state index contributed by atoms with van der Waals surface area (Å²) in [5, 5.41) is 2.61. The van der Waals surface area contributed by atoms with Crippen LogP contribution >= 0.6 is 0 Å². The van der Waals surface area contributed by atoms with Gasteiger partial charge in [-0.3, -0.25) is 28.9 Å². The summed E-state index contributed by atoms with van der Waals surface area (Å²) < 4.78 is 5.14. The van der Waals surface area contributed by atoms with Gasteiger partial charge in [-0.15, -0.1) is 0 Å². The van der Waals surface area contributed by atoms with Crippen LogP contribution in [0.5, 0.6) is 0 Å². The molecular weight excluding hydrogens is 388 g/mol. The molecule has 2 aliphatic rings. The number of carbonyl (C=O) groups excluding carboxylic acids is 5. The van der Waals surface area contributed by atoms with Crippen molar-refractivity contribution in [3.05, 3.63) is 29.8 Å². The Morgan fingerprint density at radius 1 is 1.07 bits per heavy atom. The maximum absolute atomic E-state index is 12.4. The van der Waals surface area contributed by atoms with Crippen LogP contribution in [0.1, 0.15) is 56.3 Å². The average Bonchev–Trinajstić information content (AvgIpc) is 2.97. The molecule has 8 heteroatoms. The Kier molecular flexibility index (Phi) is 6.64. The standard InChI is InChI=1S/C22H26N2O6/c1-13(25)15-7-9-16(10-8-15)23-20(27)14(2)30-19(26)11-12-24-21(28)17-5-3-4-6-18(17)22(24)29/h7-10,14,17-18H,3-6,11-12H2,1-2H3,(H,23,27)/t14-,17+,18+/m1/s1. The second-order valence-corrected chi connectivity index (χ2v) is 7.83. The van der Waals surface area contributed by atoms with Crippen molar-refractivity contribution in [3.63, 3.8) is 0 Å². The number of anilines is 1. The summed E-state index contributed by atoms with van der Waals surface area (Å²) in [6, 6.07) is 6.37. The minimum atomic E-state index is -1.04. The number of ketones is 1. The van der Waals surface area contributed by atoms with E-state index in [0.29, 0.717) is 11.3 Å². The Balaban J connectivity index is 1.47. The van der Waals surface area contributed by atoms with E-state index in [0.717, 1.165) is 25.7 Å². The molecule has 1 saturated carbocycles. The second-order valence-electron chi connectivity index (χ2n) is 7.83. The molecule has 1 heterocycles. The van der Waals surface area contributed by atoms with Crippen LogP contribution in [0.15, 0.2) is 24.3 Å². The summed E-state index contributed by atoms with van der Waals surface area (Å²) in [6.45, 7) is 2.87. The first-order valence-electron chi connectivity index (χ1n) is 10.2. The number of hydrogen-bond acceptors (Lipinski definition) is 6. The van der Waals surface area contributed by atoms with E-state index in [-0.39, 0.29) is 42.4 Å². The quantitative estimate of drug-likeness (QED) is 0.417. The predicted molar refractivity (Wildman–Crippen MR) is 107 cm³/mol. The van der Waals surface area contributed by atoms with Crippen molar-refractivity contribution in [3.8, 4) is 0 Å². The Morgan fingerprint density at radius 2 is 1.63 bits per heavy atom. The van der Waals surface area contributed by atoms with Gasteiger partial charge in [-0.1, -0.05) is 12.8 Å². The van der Waals surface area contributed by atoms with Crippen LogP contribution in [0, 0.1) is 11.8 Å². The molecule has 0 bridgehead atoms. The van der Waals surface area contributed by atoms with Crippen molar-refractivity contribution in [1.82, 2.24) is 4.90 Å². The number of rotatable bonds is 7. The fraction of sp³-hybridized carbons (Fsp3) is 0.500. The molecule has 1 aliphatic heterocycles. The lowest BCUT2D eigenvalue weighted by Crippen LogP contribution is -2.35. The molecule has 160 valence electrons. The highest BCUT2D eigenvalue weighted by atomic mass is 16.5. The highest BCUT2D eigenvalue weighted by molar-refractivity contribution is 6.05. The highest BCUT2D eigenvalue weighted by Gasteiger charge is 2.47. The zero-order chi connectivity index (χ0) is 21.8. The molecule has 1 saturated heterocycles. The number of nitrogens with zero attached hydrogens (tertiary/aromatic N) is 1. The molecule has 3 amide bonds. The third-order valence-corrected chi connectivity index (χ3v) is 5.71. The number of benzene rings is 1. The fourth-order valence-corrected chi connectivity index (χ4v) is 4.00. The molecule has 30 heavy (non-hydrogen) atoms. The Hall–Kier alpha value is -3.03. The van der Waals surface area contributed by atoms with Gasteiger partial charge in [-0.05, 0) is 51.0 Å². The average molecular weight is 414 g/mol. The normalized spacial score (nSPS) is 21.7. The van der Waals surface area contributed by atoms with Gasteiger partial charge in [0.1, 0.15) is 0 Å². The van der Waals surface area contributed by atoms with E-state index in [4.69, 9.17) is 4.74 Å². The highest BCUT2D eigenvalue weighted by Crippen LogP contribution is 2.37. The van der Waals surface area contributed by atoms with Crippen molar-refractivity contribution in [2.24, 2.45) is 11.8 Å². The van der Waals surface area contributed by atoms with Crippen molar-refractivity contribution in [1.29, 1.82) is 0 Å². The number of hydrogen-bond donors (Lipinski definition) is 1. The zero-order valence-electron chi connectivity index (χ0n) is 17.2. The van der Waals surface area contributed by atoms with Crippen LogP contribution < -0.4 is 5.32 Å². The van der Waals surface area contributed by atoms with Gasteiger partial charge in [0.25, 0.3) is 5.91 Å². The van der Waals surface area contributed by atoms with Crippen LogP contribution in [0.2, 0.25) is 0 Å². The molecule has 8 nitrogen and oxygen atoms in total. The van der Waals surface area contributed by atoms with Gasteiger partial charge in [0.2, 0.25) is 11.8 Å². The molecule has 2 fully saturated rings. The maximum atomic E-state index is 12.4. The lowest BCUT2D eigenvalue weighted by atomic mass is 9.81. The number of carbonyl (C=O) groups is 5. The molecule has 3 rings (SSSR count). The van der Waals surface area contributed by atoms with Crippen molar-refractivity contribution >= 4 is 35.2 Å². The van der Waals surface area contributed by atoms with E-state index >= 15 is 0 Å². The van der Waals surface area contributed by atoms with Crippen LogP contribution in [-0.2, 0) is 23.9 Å². The Morgan fingerprint density at radius 3 is 2.17 bits per heavy atom. The summed E-state index contributed by atoms with van der Waals surface area (Å²) in [5.41, 5.74) is 1.00. The Bertz CT molecular complexity index is 839. The molecule has 3 atom stereocenters. The van der Waals surface area contributed by atoms with E-state index in [2.05, 4.69) is 5.32 Å². The zero-order valence-corrected chi connectivity index (χ0v) is 17.2. The van der Waals surface area contributed by atoms with Gasteiger partial charge in [-0.25, -0.2) is 0 Å². The largest absolute Gasteiger partial charge is 0.452 e.